The first-order chi connectivity index (χ1) is 10.3. The molecule has 0 saturated heterocycles. The van der Waals surface area contributed by atoms with Crippen molar-refractivity contribution >= 4 is 17.5 Å². The molecule has 0 aliphatic rings. The molecule has 0 saturated carbocycles. The number of aromatic nitrogens is 3. The van der Waals surface area contributed by atoms with Gasteiger partial charge < -0.3 is 24.3 Å². The van der Waals surface area contributed by atoms with Crippen molar-refractivity contribution in [3.63, 3.8) is 0 Å². The second-order valence-corrected chi connectivity index (χ2v) is 4.15. The Labute approximate surface area is 129 Å². The number of rotatable bonds is 12. The summed E-state index contributed by atoms with van der Waals surface area (Å²) in [6.45, 7) is 5.51. The third-order valence-electron chi connectivity index (χ3n) is 2.19. The van der Waals surface area contributed by atoms with Gasteiger partial charge in [-0.15, -0.1) is 0 Å². The summed E-state index contributed by atoms with van der Waals surface area (Å²) < 4.78 is 20.8. The number of nitrogens with one attached hydrogen (secondary N) is 1. The van der Waals surface area contributed by atoms with Crippen molar-refractivity contribution in [1.29, 1.82) is 0 Å². The highest BCUT2D eigenvalue weighted by Gasteiger charge is 2.05. The fourth-order valence-electron chi connectivity index (χ4n) is 1.29. The van der Waals surface area contributed by atoms with Crippen LogP contribution in [0, 0.1) is 0 Å². The van der Waals surface area contributed by atoms with Crippen molar-refractivity contribution in [1.82, 2.24) is 15.0 Å². The van der Waals surface area contributed by atoms with E-state index in [1.807, 2.05) is 6.92 Å². The van der Waals surface area contributed by atoms with Crippen LogP contribution >= 0.6 is 11.6 Å². The molecule has 9 heteroatoms. The molecule has 1 heterocycles. The summed E-state index contributed by atoms with van der Waals surface area (Å²) in [6, 6.07) is 0.172. The van der Waals surface area contributed by atoms with Crippen molar-refractivity contribution in [2.45, 2.75) is 6.92 Å². The van der Waals surface area contributed by atoms with Crippen molar-refractivity contribution in [2.75, 3.05) is 58.6 Å². The van der Waals surface area contributed by atoms with Crippen LogP contribution in [0.4, 0.5) is 5.95 Å². The smallest absolute Gasteiger partial charge is 0.322 e. The molecule has 1 rings (SSSR count). The molecule has 1 aromatic rings. The van der Waals surface area contributed by atoms with Crippen LogP contribution in [-0.2, 0) is 14.2 Å². The van der Waals surface area contributed by atoms with Crippen molar-refractivity contribution in [3.8, 4) is 6.01 Å². The second kappa shape index (κ2) is 11.4. The Morgan fingerprint density at radius 3 is 2.29 bits per heavy atom. The van der Waals surface area contributed by atoms with Crippen LogP contribution in [-0.4, -0.2) is 68.2 Å². The number of nitrogens with zero attached hydrogens (tertiary/aromatic N) is 3. The predicted molar refractivity (Wildman–Crippen MR) is 78.0 cm³/mol. The van der Waals surface area contributed by atoms with Crippen LogP contribution in [0.15, 0.2) is 0 Å². The Kier molecular flexibility index (Phi) is 9.71. The minimum Gasteiger partial charge on any atom is -0.461 e. The summed E-state index contributed by atoms with van der Waals surface area (Å²) in [5.41, 5.74) is 0. The third-order valence-corrected chi connectivity index (χ3v) is 2.35. The largest absolute Gasteiger partial charge is 0.461 e. The molecule has 0 aliphatic carbocycles. The molecule has 0 atom stereocenters. The third kappa shape index (κ3) is 8.61. The van der Waals surface area contributed by atoms with Crippen molar-refractivity contribution < 1.29 is 18.9 Å². The van der Waals surface area contributed by atoms with E-state index in [-0.39, 0.29) is 11.3 Å². The molecule has 0 amide bonds. The Hall–Kier alpha value is -1.22. The van der Waals surface area contributed by atoms with Gasteiger partial charge in [-0.2, -0.15) is 15.0 Å². The molecule has 0 spiro atoms. The second-order valence-electron chi connectivity index (χ2n) is 3.81. The molecule has 0 radical (unpaired) electrons. The van der Waals surface area contributed by atoms with Crippen LogP contribution in [0.3, 0.4) is 0 Å². The molecule has 0 aromatic carbocycles. The zero-order valence-electron chi connectivity index (χ0n) is 12.3. The Balaban J connectivity index is 2.12. The maximum atomic E-state index is 5.77. The van der Waals surface area contributed by atoms with Gasteiger partial charge in [-0.25, -0.2) is 0 Å². The average molecular weight is 321 g/mol. The lowest BCUT2D eigenvalue weighted by molar-refractivity contribution is 0.0173. The van der Waals surface area contributed by atoms with Crippen LogP contribution in [0.5, 0.6) is 6.01 Å². The van der Waals surface area contributed by atoms with E-state index in [1.165, 1.54) is 0 Å². The molecule has 1 N–H and O–H groups in total. The summed E-state index contributed by atoms with van der Waals surface area (Å²) in [6.07, 6.45) is 0. The number of hydrogen-bond acceptors (Lipinski definition) is 8. The maximum absolute atomic E-state index is 5.77. The van der Waals surface area contributed by atoms with E-state index in [4.69, 9.17) is 30.5 Å². The topological polar surface area (TPSA) is 87.6 Å². The van der Waals surface area contributed by atoms with Gasteiger partial charge in [0, 0.05) is 13.7 Å². The van der Waals surface area contributed by atoms with E-state index in [0.29, 0.717) is 52.1 Å². The Morgan fingerprint density at radius 2 is 1.62 bits per heavy atom. The van der Waals surface area contributed by atoms with Crippen molar-refractivity contribution in [2.24, 2.45) is 0 Å². The SMILES string of the molecule is CCNc1nc(Cl)nc(OCCOCCOCCOC)n1. The zero-order valence-corrected chi connectivity index (χ0v) is 13.1. The van der Waals surface area contributed by atoms with E-state index in [2.05, 4.69) is 20.3 Å². The number of hydrogen-bond donors (Lipinski definition) is 1. The van der Waals surface area contributed by atoms with Gasteiger partial charge in [0.2, 0.25) is 11.2 Å². The van der Waals surface area contributed by atoms with Gasteiger partial charge >= 0.3 is 6.01 Å². The number of anilines is 1. The first kappa shape index (κ1) is 17.8. The van der Waals surface area contributed by atoms with Gasteiger partial charge in [0.25, 0.3) is 0 Å². The van der Waals surface area contributed by atoms with Gasteiger partial charge in [0.1, 0.15) is 6.61 Å². The lowest BCUT2D eigenvalue weighted by Crippen LogP contribution is -2.13. The van der Waals surface area contributed by atoms with Gasteiger partial charge in [0.15, 0.2) is 0 Å². The summed E-state index contributed by atoms with van der Waals surface area (Å²) in [5.74, 6) is 0.389. The zero-order chi connectivity index (χ0) is 15.3. The number of methoxy groups -OCH3 is 1. The van der Waals surface area contributed by atoms with Crippen molar-refractivity contribution in [3.05, 3.63) is 5.28 Å². The van der Waals surface area contributed by atoms with Crippen LogP contribution in [0.1, 0.15) is 6.92 Å². The molecule has 0 fully saturated rings. The quantitative estimate of drug-likeness (QED) is 0.571. The standard InChI is InChI=1S/C12H21ClN4O4/c1-3-14-11-15-10(13)16-12(17-11)21-9-8-20-7-6-19-5-4-18-2/h3-9H2,1-2H3,(H,14,15,16,17). The lowest BCUT2D eigenvalue weighted by Gasteiger charge is -2.08. The molecule has 0 aliphatic heterocycles. The molecular weight excluding hydrogens is 300 g/mol. The van der Waals surface area contributed by atoms with Gasteiger partial charge in [0.05, 0.1) is 33.0 Å². The fraction of sp³-hybridized carbons (Fsp3) is 0.750. The van der Waals surface area contributed by atoms with Gasteiger partial charge in [-0.1, -0.05) is 0 Å². The summed E-state index contributed by atoms with van der Waals surface area (Å²) in [5, 5.41) is 3.03. The maximum Gasteiger partial charge on any atom is 0.322 e. The molecule has 0 bridgehead atoms. The first-order valence-electron chi connectivity index (χ1n) is 6.69. The van der Waals surface area contributed by atoms with Crippen LogP contribution < -0.4 is 10.1 Å². The lowest BCUT2D eigenvalue weighted by atomic mass is 10.7. The van der Waals surface area contributed by atoms with E-state index in [1.54, 1.807) is 7.11 Å². The predicted octanol–water partition coefficient (Wildman–Crippen LogP) is 1.02. The monoisotopic (exact) mass is 320 g/mol. The molecule has 0 unspecified atom stereocenters. The van der Waals surface area contributed by atoms with Gasteiger partial charge in [-0.05, 0) is 18.5 Å². The minimum absolute atomic E-state index is 0.0865. The van der Waals surface area contributed by atoms with E-state index < -0.39 is 0 Å². The van der Waals surface area contributed by atoms with Crippen LogP contribution in [0.2, 0.25) is 5.28 Å². The molecule has 21 heavy (non-hydrogen) atoms. The molecule has 1 aromatic heterocycles. The first-order valence-corrected chi connectivity index (χ1v) is 7.06. The Morgan fingerprint density at radius 1 is 0.952 bits per heavy atom. The van der Waals surface area contributed by atoms with Gasteiger partial charge in [-0.3, -0.25) is 0 Å². The van der Waals surface area contributed by atoms with Crippen LogP contribution in [0.25, 0.3) is 0 Å². The Bertz CT molecular complexity index is 398. The molecule has 120 valence electrons. The highest BCUT2D eigenvalue weighted by atomic mass is 35.5. The fourth-order valence-corrected chi connectivity index (χ4v) is 1.44. The summed E-state index contributed by atoms with van der Waals surface area (Å²) >= 11 is 5.77. The summed E-state index contributed by atoms with van der Waals surface area (Å²) in [7, 11) is 1.63. The minimum atomic E-state index is 0.0865. The average Bonchev–Trinajstić information content (AvgIpc) is 2.45. The molecular formula is C12H21ClN4O4. The van der Waals surface area contributed by atoms with E-state index in [0.717, 1.165) is 0 Å². The number of halogens is 1. The number of ether oxygens (including phenoxy) is 4. The molecule has 8 nitrogen and oxygen atoms in total. The normalized spacial score (nSPS) is 10.6. The summed E-state index contributed by atoms with van der Waals surface area (Å²) in [4.78, 5) is 11.8. The van der Waals surface area contributed by atoms with E-state index in [9.17, 15) is 0 Å². The highest BCUT2D eigenvalue weighted by Crippen LogP contribution is 2.10. The van der Waals surface area contributed by atoms with E-state index >= 15 is 0 Å². The highest BCUT2D eigenvalue weighted by molar-refractivity contribution is 6.28.